The normalized spacial score (nSPS) is 10.7. The van der Waals surface area contributed by atoms with E-state index in [4.69, 9.17) is 9.84 Å². The van der Waals surface area contributed by atoms with E-state index in [2.05, 4.69) is 15.6 Å². The van der Waals surface area contributed by atoms with Gasteiger partial charge in [0.15, 0.2) is 5.78 Å². The van der Waals surface area contributed by atoms with Crippen LogP contribution in [0.2, 0.25) is 0 Å². The second-order valence-electron chi connectivity index (χ2n) is 7.14. The molecule has 0 radical (unpaired) electrons. The van der Waals surface area contributed by atoms with Crippen molar-refractivity contribution in [1.29, 1.82) is 0 Å². The summed E-state index contributed by atoms with van der Waals surface area (Å²) in [5.74, 6) is 0.141. The van der Waals surface area contributed by atoms with Gasteiger partial charge in [0.05, 0.1) is 16.9 Å². The van der Waals surface area contributed by atoms with Crippen LogP contribution in [0.4, 0.5) is 21.0 Å². The number of ether oxygens (including phenoxy) is 1. The van der Waals surface area contributed by atoms with Crippen molar-refractivity contribution in [2.75, 3.05) is 10.6 Å². The number of nitrogens with zero attached hydrogens (tertiary/aromatic N) is 1. The highest BCUT2D eigenvalue weighted by molar-refractivity contribution is 6.07. The van der Waals surface area contributed by atoms with Gasteiger partial charge in [-0.25, -0.2) is 14.6 Å². The Balaban J connectivity index is 1.44. The molecule has 2 amide bonds. The van der Waals surface area contributed by atoms with Crippen LogP contribution in [0.25, 0.3) is 17.0 Å². The van der Waals surface area contributed by atoms with E-state index < -0.39 is 12.2 Å². The molecular weight excluding hydrogens is 434 g/mol. The van der Waals surface area contributed by atoms with Gasteiger partial charge in [-0.15, -0.1) is 0 Å². The molecule has 0 spiro atoms. The summed E-state index contributed by atoms with van der Waals surface area (Å²) in [6.45, 7) is 0. The van der Waals surface area contributed by atoms with Gasteiger partial charge in [-0.2, -0.15) is 0 Å². The topological polar surface area (TPSA) is 118 Å². The van der Waals surface area contributed by atoms with Gasteiger partial charge in [0.2, 0.25) is 0 Å². The van der Waals surface area contributed by atoms with E-state index >= 15 is 0 Å². The van der Waals surface area contributed by atoms with Crippen LogP contribution in [-0.4, -0.2) is 28.1 Å². The van der Waals surface area contributed by atoms with Crippen molar-refractivity contribution in [2.45, 2.75) is 0 Å². The fourth-order valence-corrected chi connectivity index (χ4v) is 3.21. The molecule has 0 aliphatic carbocycles. The summed E-state index contributed by atoms with van der Waals surface area (Å²) in [7, 11) is 0. The summed E-state index contributed by atoms with van der Waals surface area (Å²) in [6, 6.07) is 23.7. The number of hydrogen-bond acceptors (Lipinski definition) is 5. The number of anilines is 2. The average Bonchev–Trinajstić information content (AvgIpc) is 2.83. The number of pyridine rings is 1. The van der Waals surface area contributed by atoms with Gasteiger partial charge < -0.3 is 9.84 Å². The van der Waals surface area contributed by atoms with Crippen LogP contribution in [0.5, 0.6) is 5.75 Å². The third-order valence-electron chi connectivity index (χ3n) is 4.75. The van der Waals surface area contributed by atoms with Gasteiger partial charge in [-0.1, -0.05) is 36.4 Å². The van der Waals surface area contributed by atoms with Crippen molar-refractivity contribution in [1.82, 2.24) is 4.98 Å². The molecule has 0 fully saturated rings. The van der Waals surface area contributed by atoms with Crippen LogP contribution in [0, 0.1) is 0 Å². The number of allylic oxidation sites excluding steroid dienone is 1. The molecular formula is C26H19N3O5. The van der Waals surface area contributed by atoms with Crippen molar-refractivity contribution in [3.05, 3.63) is 102 Å². The van der Waals surface area contributed by atoms with Gasteiger partial charge in [0.25, 0.3) is 0 Å². The van der Waals surface area contributed by atoms with Crippen molar-refractivity contribution in [3.8, 4) is 5.75 Å². The summed E-state index contributed by atoms with van der Waals surface area (Å²) in [4.78, 5) is 40.1. The minimum Gasteiger partial charge on any atom is -0.465 e. The molecule has 0 bridgehead atoms. The first-order valence-corrected chi connectivity index (χ1v) is 10.2. The highest BCUT2D eigenvalue weighted by atomic mass is 16.6. The number of aromatic nitrogens is 1. The maximum atomic E-state index is 12.6. The molecule has 8 nitrogen and oxygen atoms in total. The summed E-state index contributed by atoms with van der Waals surface area (Å²) in [6.07, 6.45) is 1.04. The van der Waals surface area contributed by atoms with Crippen LogP contribution < -0.4 is 15.4 Å². The lowest BCUT2D eigenvalue weighted by Gasteiger charge is -2.07. The number of carbonyl (C=O) groups excluding carboxylic acids is 2. The van der Waals surface area contributed by atoms with E-state index in [9.17, 15) is 14.4 Å². The van der Waals surface area contributed by atoms with Crippen LogP contribution in [0.1, 0.15) is 16.1 Å². The van der Waals surface area contributed by atoms with Crippen LogP contribution >= 0.6 is 0 Å². The predicted molar refractivity (Wildman–Crippen MR) is 129 cm³/mol. The zero-order chi connectivity index (χ0) is 23.9. The SMILES string of the molecule is O=C(O)Nc1cc(C=CC(=O)c2ccc(NC(=O)Oc3ccccc3)cc2)nc2ccccc12. The predicted octanol–water partition coefficient (Wildman–Crippen LogP) is 5.83. The van der Waals surface area contributed by atoms with Crippen LogP contribution in [0.15, 0.2) is 91.0 Å². The van der Waals surface area contributed by atoms with Gasteiger partial charge in [0, 0.05) is 16.6 Å². The first-order chi connectivity index (χ1) is 16.5. The Morgan fingerprint density at radius 2 is 1.56 bits per heavy atom. The molecule has 0 atom stereocenters. The Bertz CT molecular complexity index is 1380. The number of ketones is 1. The van der Waals surface area contributed by atoms with E-state index in [1.807, 2.05) is 6.07 Å². The molecule has 0 unspecified atom stereocenters. The zero-order valence-corrected chi connectivity index (χ0v) is 17.8. The molecule has 3 N–H and O–H groups in total. The molecule has 0 aliphatic heterocycles. The summed E-state index contributed by atoms with van der Waals surface area (Å²) >= 11 is 0. The molecule has 4 rings (SSSR count). The van der Waals surface area contributed by atoms with E-state index in [0.29, 0.717) is 39.3 Å². The number of hydrogen-bond donors (Lipinski definition) is 3. The van der Waals surface area contributed by atoms with Gasteiger partial charge in [0.1, 0.15) is 5.75 Å². The molecule has 4 aromatic rings. The smallest absolute Gasteiger partial charge is 0.417 e. The minimum atomic E-state index is -1.19. The Kier molecular flexibility index (Phi) is 6.60. The molecule has 1 aromatic heterocycles. The summed E-state index contributed by atoms with van der Waals surface area (Å²) in [5.41, 5.74) is 2.28. The van der Waals surface area contributed by atoms with E-state index in [0.717, 1.165) is 0 Å². The van der Waals surface area contributed by atoms with Crippen molar-refractivity contribution in [2.24, 2.45) is 0 Å². The number of nitrogens with one attached hydrogen (secondary N) is 2. The maximum absolute atomic E-state index is 12.6. The Morgan fingerprint density at radius 1 is 0.853 bits per heavy atom. The van der Waals surface area contributed by atoms with E-state index in [1.54, 1.807) is 78.9 Å². The second-order valence-corrected chi connectivity index (χ2v) is 7.14. The fourth-order valence-electron chi connectivity index (χ4n) is 3.21. The zero-order valence-electron chi connectivity index (χ0n) is 17.8. The van der Waals surface area contributed by atoms with Gasteiger partial charge in [-0.05, 0) is 60.7 Å². The third kappa shape index (κ3) is 5.63. The fraction of sp³-hybridized carbons (Fsp3) is 0. The molecule has 0 saturated carbocycles. The molecule has 8 heteroatoms. The van der Waals surface area contributed by atoms with Gasteiger partial charge >= 0.3 is 12.2 Å². The van der Waals surface area contributed by atoms with E-state index in [-0.39, 0.29) is 5.78 Å². The monoisotopic (exact) mass is 453 g/mol. The van der Waals surface area contributed by atoms with Crippen molar-refractivity contribution >= 4 is 46.3 Å². The number of carboxylic acid groups (broad SMARTS) is 1. The lowest BCUT2D eigenvalue weighted by molar-refractivity contribution is 0.104. The number of rotatable bonds is 6. The Morgan fingerprint density at radius 3 is 2.29 bits per heavy atom. The minimum absolute atomic E-state index is 0.277. The molecule has 0 saturated heterocycles. The molecule has 34 heavy (non-hydrogen) atoms. The van der Waals surface area contributed by atoms with E-state index in [1.165, 1.54) is 12.2 Å². The average molecular weight is 453 g/mol. The first kappa shape index (κ1) is 22.2. The second kappa shape index (κ2) is 10.1. The molecule has 1 heterocycles. The maximum Gasteiger partial charge on any atom is 0.417 e. The molecule has 3 aromatic carbocycles. The number of fused-ring (bicyclic) bond motifs is 1. The lowest BCUT2D eigenvalue weighted by Crippen LogP contribution is -2.16. The first-order valence-electron chi connectivity index (χ1n) is 10.2. The summed E-state index contributed by atoms with van der Waals surface area (Å²) < 4.78 is 5.17. The number of amides is 2. The quantitative estimate of drug-likeness (QED) is 0.250. The lowest BCUT2D eigenvalue weighted by atomic mass is 10.1. The molecule has 168 valence electrons. The molecule has 0 aliphatic rings. The number of para-hydroxylation sites is 2. The number of benzene rings is 3. The van der Waals surface area contributed by atoms with Crippen molar-refractivity contribution in [3.63, 3.8) is 0 Å². The van der Waals surface area contributed by atoms with Gasteiger partial charge in [-0.3, -0.25) is 15.4 Å². The standard InChI is InChI=1S/C26H19N3O5/c30-24(15-14-19-16-23(29-25(31)32)21-8-4-5-9-22(21)27-19)17-10-12-18(13-11-17)28-26(33)34-20-6-2-1-3-7-20/h1-16H,(H,27,29)(H,28,33)(H,31,32). The summed E-state index contributed by atoms with van der Waals surface area (Å²) in [5, 5.41) is 14.7. The van der Waals surface area contributed by atoms with Crippen LogP contribution in [0.3, 0.4) is 0 Å². The Labute approximate surface area is 194 Å². The van der Waals surface area contributed by atoms with Crippen molar-refractivity contribution < 1.29 is 24.2 Å². The van der Waals surface area contributed by atoms with Crippen LogP contribution in [-0.2, 0) is 0 Å². The third-order valence-corrected chi connectivity index (χ3v) is 4.75. The highest BCUT2D eigenvalue weighted by Gasteiger charge is 2.09. The Hall–Kier alpha value is -4.98. The number of carbonyl (C=O) groups is 3. The highest BCUT2D eigenvalue weighted by Crippen LogP contribution is 2.24. The largest absolute Gasteiger partial charge is 0.465 e.